The maximum atomic E-state index is 11.4. The standard InChI is InChI=1S/C31H32N2O4S/c1-2-15-33(31-32-28(21-38-31)24-6-4-3-5-7-24)19-22-8-10-23(11-9-22)20-37-27-13-12-25-17-26(30(34)35)14-16-36-29(25)18-27/h3-13,18,21,26H,2,14-17,19-20H2,1H3,(H,34,35). The van der Waals surface area contributed by atoms with Gasteiger partial charge in [0, 0.05) is 30.1 Å². The van der Waals surface area contributed by atoms with Crippen LogP contribution in [-0.2, 0) is 24.4 Å². The Bertz CT molecular complexity index is 1350. The summed E-state index contributed by atoms with van der Waals surface area (Å²) < 4.78 is 11.8. The van der Waals surface area contributed by atoms with Crippen molar-refractivity contribution in [2.75, 3.05) is 18.1 Å². The van der Waals surface area contributed by atoms with Gasteiger partial charge in [-0.3, -0.25) is 4.79 Å². The SMILES string of the molecule is CCCN(Cc1ccc(COc2ccc3c(c2)OCCC(C(=O)O)C3)cc1)c1nc(-c2ccccc2)cs1. The molecule has 5 rings (SSSR count). The first-order chi connectivity index (χ1) is 18.6. The summed E-state index contributed by atoms with van der Waals surface area (Å²) in [6.45, 7) is 4.79. The summed E-state index contributed by atoms with van der Waals surface area (Å²) in [4.78, 5) is 18.7. The van der Waals surface area contributed by atoms with Gasteiger partial charge in [-0.2, -0.15) is 0 Å². The number of benzene rings is 3. The predicted molar refractivity (Wildman–Crippen MR) is 151 cm³/mol. The van der Waals surface area contributed by atoms with E-state index in [1.165, 1.54) is 5.56 Å². The number of carbonyl (C=O) groups is 1. The lowest BCUT2D eigenvalue weighted by atomic mass is 9.97. The molecule has 1 aromatic heterocycles. The molecule has 0 saturated heterocycles. The van der Waals surface area contributed by atoms with Crippen LogP contribution in [0.1, 0.15) is 36.5 Å². The van der Waals surface area contributed by atoms with E-state index in [0.29, 0.717) is 31.8 Å². The van der Waals surface area contributed by atoms with Crippen LogP contribution in [-0.4, -0.2) is 29.2 Å². The largest absolute Gasteiger partial charge is 0.493 e. The minimum absolute atomic E-state index is 0.401. The molecule has 0 saturated carbocycles. The number of aromatic nitrogens is 1. The molecule has 0 aliphatic carbocycles. The van der Waals surface area contributed by atoms with Crippen LogP contribution in [0.15, 0.2) is 78.2 Å². The molecule has 1 atom stereocenters. The average molecular weight is 529 g/mol. The molecule has 1 aliphatic heterocycles. The number of ether oxygens (including phenoxy) is 2. The summed E-state index contributed by atoms with van der Waals surface area (Å²) in [7, 11) is 0. The van der Waals surface area contributed by atoms with Crippen molar-refractivity contribution in [2.45, 2.75) is 39.3 Å². The van der Waals surface area contributed by atoms with E-state index in [1.54, 1.807) is 11.3 Å². The molecular weight excluding hydrogens is 496 g/mol. The van der Waals surface area contributed by atoms with Crippen LogP contribution in [0.25, 0.3) is 11.3 Å². The molecule has 1 aliphatic rings. The summed E-state index contributed by atoms with van der Waals surface area (Å²) in [6, 6.07) is 24.5. The molecular formula is C31H32N2O4S. The first kappa shape index (κ1) is 25.8. The monoisotopic (exact) mass is 528 g/mol. The quantitative estimate of drug-likeness (QED) is 0.243. The number of rotatable bonds is 10. The molecule has 0 bridgehead atoms. The second-order valence-corrected chi connectivity index (χ2v) is 10.4. The molecule has 4 aromatic rings. The van der Waals surface area contributed by atoms with Gasteiger partial charge < -0.3 is 19.5 Å². The Labute approximate surface area is 227 Å². The fraction of sp³-hybridized carbons (Fsp3) is 0.290. The molecule has 6 nitrogen and oxygen atoms in total. The Morgan fingerprint density at radius 3 is 2.66 bits per heavy atom. The van der Waals surface area contributed by atoms with Crippen LogP contribution in [0, 0.1) is 5.92 Å². The van der Waals surface area contributed by atoms with Crippen molar-refractivity contribution < 1.29 is 19.4 Å². The molecule has 1 N–H and O–H groups in total. The number of hydrogen-bond acceptors (Lipinski definition) is 6. The van der Waals surface area contributed by atoms with E-state index in [9.17, 15) is 9.90 Å². The van der Waals surface area contributed by atoms with Gasteiger partial charge >= 0.3 is 5.97 Å². The van der Waals surface area contributed by atoms with Crippen molar-refractivity contribution in [2.24, 2.45) is 5.92 Å². The summed E-state index contributed by atoms with van der Waals surface area (Å²) in [6.07, 6.45) is 2.04. The van der Waals surface area contributed by atoms with Crippen LogP contribution < -0.4 is 14.4 Å². The highest BCUT2D eigenvalue weighted by Crippen LogP contribution is 2.32. The van der Waals surface area contributed by atoms with Gasteiger partial charge in [-0.05, 0) is 42.0 Å². The third-order valence-electron chi connectivity index (χ3n) is 6.71. The number of aliphatic carboxylic acids is 1. The van der Waals surface area contributed by atoms with Crippen LogP contribution >= 0.6 is 11.3 Å². The zero-order valence-electron chi connectivity index (χ0n) is 21.5. The smallest absolute Gasteiger partial charge is 0.306 e. The maximum Gasteiger partial charge on any atom is 0.306 e. The van der Waals surface area contributed by atoms with Gasteiger partial charge in [-0.25, -0.2) is 4.98 Å². The number of fused-ring (bicyclic) bond motifs is 1. The minimum atomic E-state index is -0.772. The zero-order chi connectivity index (χ0) is 26.3. The molecule has 38 heavy (non-hydrogen) atoms. The van der Waals surface area contributed by atoms with Gasteiger partial charge in [0.05, 0.1) is 18.2 Å². The Balaban J connectivity index is 1.20. The minimum Gasteiger partial charge on any atom is -0.493 e. The van der Waals surface area contributed by atoms with Crippen LogP contribution in [0.5, 0.6) is 11.5 Å². The predicted octanol–water partition coefficient (Wildman–Crippen LogP) is 6.83. The fourth-order valence-corrected chi connectivity index (χ4v) is 5.47. The van der Waals surface area contributed by atoms with E-state index in [4.69, 9.17) is 14.5 Å². The molecule has 2 heterocycles. The van der Waals surface area contributed by atoms with Crippen molar-refractivity contribution in [1.82, 2.24) is 4.98 Å². The van der Waals surface area contributed by atoms with Crippen molar-refractivity contribution in [1.29, 1.82) is 0 Å². The highest BCUT2D eigenvalue weighted by Gasteiger charge is 2.23. The highest BCUT2D eigenvalue weighted by molar-refractivity contribution is 7.14. The van der Waals surface area contributed by atoms with E-state index in [1.807, 2.05) is 36.4 Å². The van der Waals surface area contributed by atoms with Crippen LogP contribution in [0.3, 0.4) is 0 Å². The molecule has 196 valence electrons. The van der Waals surface area contributed by atoms with E-state index in [0.717, 1.165) is 52.8 Å². The first-order valence-corrected chi connectivity index (χ1v) is 13.9. The van der Waals surface area contributed by atoms with Gasteiger partial charge in [0.15, 0.2) is 5.13 Å². The molecule has 0 amide bonds. The number of nitrogens with zero attached hydrogens (tertiary/aromatic N) is 2. The van der Waals surface area contributed by atoms with Crippen molar-refractivity contribution in [3.05, 3.63) is 94.9 Å². The average Bonchev–Trinajstić information content (AvgIpc) is 3.33. The second kappa shape index (κ2) is 12.1. The lowest BCUT2D eigenvalue weighted by molar-refractivity contribution is -0.142. The molecule has 0 spiro atoms. The third-order valence-corrected chi connectivity index (χ3v) is 7.61. The fourth-order valence-electron chi connectivity index (χ4n) is 4.61. The van der Waals surface area contributed by atoms with Gasteiger partial charge in [0.25, 0.3) is 0 Å². The van der Waals surface area contributed by atoms with Crippen molar-refractivity contribution in [3.63, 3.8) is 0 Å². The number of anilines is 1. The first-order valence-electron chi connectivity index (χ1n) is 13.0. The number of thiazole rings is 1. The Hall–Kier alpha value is -3.84. The Morgan fingerprint density at radius 1 is 1.11 bits per heavy atom. The van der Waals surface area contributed by atoms with E-state index in [-0.39, 0.29) is 0 Å². The normalized spacial score (nSPS) is 14.7. The van der Waals surface area contributed by atoms with E-state index < -0.39 is 11.9 Å². The maximum absolute atomic E-state index is 11.4. The van der Waals surface area contributed by atoms with Crippen LogP contribution in [0.2, 0.25) is 0 Å². The molecule has 0 fully saturated rings. The molecule has 3 aromatic carbocycles. The number of carboxylic acid groups (broad SMARTS) is 1. The number of hydrogen-bond donors (Lipinski definition) is 1. The van der Waals surface area contributed by atoms with Gasteiger partial charge in [0.2, 0.25) is 0 Å². The van der Waals surface area contributed by atoms with Crippen LogP contribution in [0.4, 0.5) is 5.13 Å². The van der Waals surface area contributed by atoms with Gasteiger partial charge in [-0.1, -0.05) is 67.6 Å². The zero-order valence-corrected chi connectivity index (χ0v) is 22.3. The summed E-state index contributed by atoms with van der Waals surface area (Å²) in [5.41, 5.74) is 5.38. The van der Waals surface area contributed by atoms with Crippen molar-refractivity contribution >= 4 is 22.4 Å². The summed E-state index contributed by atoms with van der Waals surface area (Å²) in [5, 5.41) is 12.5. The molecule has 0 radical (unpaired) electrons. The van der Waals surface area contributed by atoms with Gasteiger partial charge in [-0.15, -0.1) is 11.3 Å². The summed E-state index contributed by atoms with van der Waals surface area (Å²) >= 11 is 1.69. The highest BCUT2D eigenvalue weighted by atomic mass is 32.1. The van der Waals surface area contributed by atoms with E-state index >= 15 is 0 Å². The molecule has 7 heteroatoms. The second-order valence-electron chi connectivity index (χ2n) is 9.55. The third kappa shape index (κ3) is 6.34. The lowest BCUT2D eigenvalue weighted by Crippen LogP contribution is -2.23. The lowest BCUT2D eigenvalue weighted by Gasteiger charge is -2.21. The summed E-state index contributed by atoms with van der Waals surface area (Å²) in [5.74, 6) is 0.256. The molecule has 1 unspecified atom stereocenters. The Morgan fingerprint density at radius 2 is 1.89 bits per heavy atom. The van der Waals surface area contributed by atoms with Crippen molar-refractivity contribution in [3.8, 4) is 22.8 Å². The Kier molecular flexibility index (Phi) is 8.24. The van der Waals surface area contributed by atoms with E-state index in [2.05, 4.69) is 53.6 Å². The topological polar surface area (TPSA) is 71.9 Å². The number of carboxylic acids is 1. The van der Waals surface area contributed by atoms with Gasteiger partial charge in [0.1, 0.15) is 18.1 Å².